The molecule has 0 radical (unpaired) electrons. The van der Waals surface area contributed by atoms with Crippen LogP contribution in [0, 0.1) is 15.9 Å². The minimum absolute atomic E-state index is 0.135. The maximum atomic E-state index is 13.4. The van der Waals surface area contributed by atoms with Crippen LogP contribution in [0.4, 0.5) is 10.1 Å². The highest BCUT2D eigenvalue weighted by atomic mass is 19.1. The van der Waals surface area contributed by atoms with Crippen LogP contribution in [0.15, 0.2) is 18.2 Å². The first kappa shape index (κ1) is 15.0. The molecule has 1 unspecified atom stereocenters. The van der Waals surface area contributed by atoms with Crippen LogP contribution < -0.4 is 5.32 Å². The molecule has 0 bridgehead atoms. The summed E-state index contributed by atoms with van der Waals surface area (Å²) in [5.41, 5.74) is -0.267. The minimum Gasteiger partial charge on any atom is -0.307 e. The lowest BCUT2D eigenvalue weighted by atomic mass is 10.2. The normalized spacial score (nSPS) is 12.3. The SMILES string of the molecule is CCCNC(C)c1nnnn1-c1ccc(F)c([N+](=O)[O-])c1. The first-order valence-corrected chi connectivity index (χ1v) is 6.50. The van der Waals surface area contributed by atoms with Gasteiger partial charge in [0.2, 0.25) is 5.82 Å². The molecule has 0 aliphatic rings. The van der Waals surface area contributed by atoms with Gasteiger partial charge in [-0.25, -0.2) is 0 Å². The van der Waals surface area contributed by atoms with Crippen molar-refractivity contribution in [2.45, 2.75) is 26.3 Å². The van der Waals surface area contributed by atoms with Crippen LogP contribution in [0.25, 0.3) is 5.69 Å². The van der Waals surface area contributed by atoms with Crippen LogP contribution in [0.2, 0.25) is 0 Å². The molecule has 1 aromatic carbocycles. The Bertz CT molecular complexity index is 644. The van der Waals surface area contributed by atoms with Crippen LogP contribution in [-0.4, -0.2) is 31.7 Å². The van der Waals surface area contributed by atoms with E-state index in [0.29, 0.717) is 11.5 Å². The molecule has 1 aromatic heterocycles. The fraction of sp³-hybridized carbons (Fsp3) is 0.417. The lowest BCUT2D eigenvalue weighted by Gasteiger charge is -2.12. The zero-order chi connectivity index (χ0) is 15.4. The summed E-state index contributed by atoms with van der Waals surface area (Å²) in [6, 6.07) is 3.41. The number of rotatable bonds is 6. The smallest absolute Gasteiger partial charge is 0.306 e. The van der Waals surface area contributed by atoms with Crippen molar-refractivity contribution in [3.63, 3.8) is 0 Å². The van der Waals surface area contributed by atoms with Gasteiger partial charge in [-0.1, -0.05) is 6.92 Å². The van der Waals surface area contributed by atoms with Crippen LogP contribution >= 0.6 is 0 Å². The number of nitro benzene ring substituents is 1. The Hall–Kier alpha value is -2.42. The van der Waals surface area contributed by atoms with Crippen molar-refractivity contribution in [1.29, 1.82) is 0 Å². The maximum Gasteiger partial charge on any atom is 0.306 e. The molecule has 0 aliphatic heterocycles. The lowest BCUT2D eigenvalue weighted by molar-refractivity contribution is -0.387. The number of nitrogens with zero attached hydrogens (tertiary/aromatic N) is 5. The summed E-state index contributed by atoms with van der Waals surface area (Å²) in [4.78, 5) is 10.0. The van der Waals surface area contributed by atoms with Gasteiger partial charge in [0, 0.05) is 6.07 Å². The Morgan fingerprint density at radius 3 is 2.95 bits per heavy atom. The molecule has 1 atom stereocenters. The molecular formula is C12H15FN6O2. The lowest BCUT2D eigenvalue weighted by Crippen LogP contribution is -2.22. The van der Waals surface area contributed by atoms with Gasteiger partial charge in [-0.15, -0.1) is 5.10 Å². The van der Waals surface area contributed by atoms with E-state index in [4.69, 9.17) is 0 Å². The summed E-state index contributed by atoms with van der Waals surface area (Å²) in [7, 11) is 0. The molecule has 0 spiro atoms. The average Bonchev–Trinajstić information content (AvgIpc) is 2.94. The first-order chi connectivity index (χ1) is 10.0. The van der Waals surface area contributed by atoms with E-state index in [1.54, 1.807) is 0 Å². The Morgan fingerprint density at radius 1 is 1.52 bits per heavy atom. The Labute approximate surface area is 120 Å². The van der Waals surface area contributed by atoms with E-state index in [2.05, 4.69) is 20.8 Å². The van der Waals surface area contributed by atoms with E-state index < -0.39 is 16.4 Å². The van der Waals surface area contributed by atoms with Crippen molar-refractivity contribution in [2.24, 2.45) is 0 Å². The number of benzene rings is 1. The molecule has 21 heavy (non-hydrogen) atoms. The summed E-state index contributed by atoms with van der Waals surface area (Å²) >= 11 is 0. The molecular weight excluding hydrogens is 279 g/mol. The Balaban J connectivity index is 2.37. The number of nitrogens with one attached hydrogen (secondary N) is 1. The van der Waals surface area contributed by atoms with Crippen molar-refractivity contribution in [2.75, 3.05) is 6.54 Å². The fourth-order valence-corrected chi connectivity index (χ4v) is 1.87. The highest BCUT2D eigenvalue weighted by Gasteiger charge is 2.19. The topological polar surface area (TPSA) is 98.8 Å². The van der Waals surface area contributed by atoms with Gasteiger partial charge in [0.15, 0.2) is 5.82 Å². The van der Waals surface area contributed by atoms with Crippen LogP contribution in [0.3, 0.4) is 0 Å². The molecule has 2 rings (SSSR count). The second-order valence-electron chi connectivity index (χ2n) is 4.52. The third-order valence-electron chi connectivity index (χ3n) is 2.95. The molecule has 8 nitrogen and oxygen atoms in total. The van der Waals surface area contributed by atoms with Gasteiger partial charge in [0.05, 0.1) is 16.7 Å². The summed E-state index contributed by atoms with van der Waals surface area (Å²) in [6.07, 6.45) is 0.952. The summed E-state index contributed by atoms with van der Waals surface area (Å²) in [5.74, 6) is -0.389. The molecule has 1 heterocycles. The van der Waals surface area contributed by atoms with Gasteiger partial charge < -0.3 is 5.32 Å². The van der Waals surface area contributed by atoms with E-state index in [-0.39, 0.29) is 6.04 Å². The number of nitro groups is 1. The third-order valence-corrected chi connectivity index (χ3v) is 2.95. The van der Waals surface area contributed by atoms with Gasteiger partial charge in [0.25, 0.3) is 0 Å². The largest absolute Gasteiger partial charge is 0.307 e. The molecule has 112 valence electrons. The predicted molar refractivity (Wildman–Crippen MR) is 72.5 cm³/mol. The summed E-state index contributed by atoms with van der Waals surface area (Å²) in [5, 5.41) is 25.3. The Morgan fingerprint density at radius 2 is 2.29 bits per heavy atom. The third kappa shape index (κ3) is 3.19. The number of hydrogen-bond acceptors (Lipinski definition) is 6. The highest BCUT2D eigenvalue weighted by molar-refractivity contribution is 5.44. The molecule has 0 saturated carbocycles. The summed E-state index contributed by atoms with van der Waals surface area (Å²) in [6.45, 7) is 4.71. The molecule has 2 aromatic rings. The second-order valence-corrected chi connectivity index (χ2v) is 4.52. The van der Waals surface area contributed by atoms with Crippen molar-refractivity contribution >= 4 is 5.69 Å². The molecule has 9 heteroatoms. The maximum absolute atomic E-state index is 13.4. The van der Waals surface area contributed by atoms with E-state index in [1.165, 1.54) is 10.7 Å². The standard InChI is InChI=1S/C12H15FN6O2/c1-3-6-14-8(2)12-15-16-17-18(12)9-4-5-10(13)11(7-9)19(20)21/h4-5,7-8,14H,3,6H2,1-2H3. The number of aromatic nitrogens is 4. The average molecular weight is 294 g/mol. The fourth-order valence-electron chi connectivity index (χ4n) is 1.87. The van der Waals surface area contributed by atoms with Crippen molar-refractivity contribution in [3.8, 4) is 5.69 Å². The number of tetrazole rings is 1. The Kier molecular flexibility index (Phi) is 4.53. The van der Waals surface area contributed by atoms with Crippen molar-refractivity contribution in [3.05, 3.63) is 40.0 Å². The minimum atomic E-state index is -0.893. The number of hydrogen-bond donors (Lipinski definition) is 1. The van der Waals surface area contributed by atoms with Crippen LogP contribution in [0.5, 0.6) is 0 Å². The summed E-state index contributed by atoms with van der Waals surface area (Å²) < 4.78 is 14.7. The molecule has 1 N–H and O–H groups in total. The van der Waals surface area contributed by atoms with Crippen molar-refractivity contribution in [1.82, 2.24) is 25.5 Å². The van der Waals surface area contributed by atoms with Gasteiger partial charge in [0.1, 0.15) is 0 Å². The highest BCUT2D eigenvalue weighted by Crippen LogP contribution is 2.22. The molecule has 0 aliphatic carbocycles. The second kappa shape index (κ2) is 6.35. The number of halogens is 1. The van der Waals surface area contributed by atoms with Gasteiger partial charge in [-0.3, -0.25) is 10.1 Å². The van der Waals surface area contributed by atoms with E-state index in [1.807, 2.05) is 13.8 Å². The van der Waals surface area contributed by atoms with Crippen LogP contribution in [-0.2, 0) is 0 Å². The molecule has 0 amide bonds. The van der Waals surface area contributed by atoms with Crippen LogP contribution in [0.1, 0.15) is 32.1 Å². The quantitative estimate of drug-likeness (QED) is 0.644. The van der Waals surface area contributed by atoms with E-state index in [0.717, 1.165) is 25.1 Å². The predicted octanol–water partition coefficient (Wildman–Crippen LogP) is 1.77. The van der Waals surface area contributed by atoms with Gasteiger partial charge >= 0.3 is 5.69 Å². The van der Waals surface area contributed by atoms with Crippen molar-refractivity contribution < 1.29 is 9.31 Å². The van der Waals surface area contributed by atoms with Gasteiger partial charge in [-0.2, -0.15) is 9.07 Å². The zero-order valence-corrected chi connectivity index (χ0v) is 11.7. The van der Waals surface area contributed by atoms with E-state index in [9.17, 15) is 14.5 Å². The van der Waals surface area contributed by atoms with E-state index >= 15 is 0 Å². The molecule has 0 saturated heterocycles. The first-order valence-electron chi connectivity index (χ1n) is 6.50. The monoisotopic (exact) mass is 294 g/mol. The van der Waals surface area contributed by atoms with Gasteiger partial charge in [-0.05, 0) is 42.4 Å². The zero-order valence-electron chi connectivity index (χ0n) is 11.7. The molecule has 0 fully saturated rings.